The van der Waals surface area contributed by atoms with E-state index in [-0.39, 0.29) is 5.91 Å². The number of hydrogen-bond acceptors (Lipinski definition) is 3. The van der Waals surface area contributed by atoms with Crippen LogP contribution >= 0.6 is 23.2 Å². The smallest absolute Gasteiger partial charge is 0.251 e. The summed E-state index contributed by atoms with van der Waals surface area (Å²) in [5.74, 6) is 0.578. The van der Waals surface area contributed by atoms with E-state index in [9.17, 15) is 4.79 Å². The lowest BCUT2D eigenvalue weighted by Gasteiger charge is -2.05. The molecule has 1 amide bonds. The molecule has 0 spiro atoms. The van der Waals surface area contributed by atoms with E-state index in [0.29, 0.717) is 40.0 Å². The molecule has 0 atom stereocenters. The van der Waals surface area contributed by atoms with Crippen molar-refractivity contribution in [2.24, 2.45) is 0 Å². The van der Waals surface area contributed by atoms with Gasteiger partial charge in [0.25, 0.3) is 5.91 Å². The number of pyridine rings is 1. The van der Waals surface area contributed by atoms with Crippen molar-refractivity contribution in [3.8, 4) is 5.75 Å². The van der Waals surface area contributed by atoms with Gasteiger partial charge in [-0.05, 0) is 30.3 Å². The van der Waals surface area contributed by atoms with Crippen LogP contribution in [0.4, 0.5) is 0 Å². The largest absolute Gasteiger partial charge is 0.497 e. The normalized spacial score (nSPS) is 10.8. The summed E-state index contributed by atoms with van der Waals surface area (Å²) >= 11 is 12.1. The molecule has 0 saturated heterocycles. The molecule has 3 aromatic rings. The highest BCUT2D eigenvalue weighted by atomic mass is 35.5. The molecule has 3 rings (SSSR count). The molecule has 0 aliphatic heterocycles. The van der Waals surface area contributed by atoms with Gasteiger partial charge in [0.2, 0.25) is 0 Å². The molecule has 0 aliphatic carbocycles. The minimum atomic E-state index is -0.137. The monoisotopic (exact) mass is 363 g/mol. The van der Waals surface area contributed by atoms with Gasteiger partial charge in [0.1, 0.15) is 5.75 Å². The van der Waals surface area contributed by atoms with Crippen LogP contribution in [-0.4, -0.2) is 28.9 Å². The van der Waals surface area contributed by atoms with E-state index in [1.165, 1.54) is 0 Å². The summed E-state index contributed by atoms with van der Waals surface area (Å²) in [6.45, 7) is 0.472. The number of nitrogens with one attached hydrogen (secondary N) is 1. The maximum atomic E-state index is 12.1. The minimum Gasteiger partial charge on any atom is -0.497 e. The van der Waals surface area contributed by atoms with Crippen LogP contribution in [0.1, 0.15) is 16.1 Å². The van der Waals surface area contributed by atoms with E-state index in [1.54, 1.807) is 48.0 Å². The Balaban J connectivity index is 1.61. The average Bonchev–Trinajstić information content (AvgIpc) is 2.98. The van der Waals surface area contributed by atoms with Crippen molar-refractivity contribution in [3.63, 3.8) is 0 Å². The van der Waals surface area contributed by atoms with Crippen molar-refractivity contribution in [1.82, 2.24) is 14.7 Å². The fourth-order valence-electron chi connectivity index (χ4n) is 2.34. The van der Waals surface area contributed by atoms with E-state index >= 15 is 0 Å². The van der Waals surface area contributed by atoms with Gasteiger partial charge in [0.15, 0.2) is 5.65 Å². The Labute approximate surface area is 149 Å². The summed E-state index contributed by atoms with van der Waals surface area (Å²) < 4.78 is 6.86. The van der Waals surface area contributed by atoms with Crippen LogP contribution < -0.4 is 10.1 Å². The minimum absolute atomic E-state index is 0.137. The number of ether oxygens (including phenoxy) is 1. The zero-order valence-electron chi connectivity index (χ0n) is 12.9. The molecular formula is C17H15Cl2N3O2. The first kappa shape index (κ1) is 16.6. The number of hydrogen-bond donors (Lipinski definition) is 1. The number of nitrogens with zero attached hydrogens (tertiary/aromatic N) is 2. The number of benzene rings is 1. The molecule has 0 fully saturated rings. The summed E-state index contributed by atoms with van der Waals surface area (Å²) in [6, 6.07) is 8.61. The third kappa shape index (κ3) is 3.63. The van der Waals surface area contributed by atoms with E-state index in [0.717, 1.165) is 5.69 Å². The van der Waals surface area contributed by atoms with Crippen LogP contribution in [0.15, 0.2) is 42.7 Å². The molecule has 0 bridgehead atoms. The Kier molecular flexibility index (Phi) is 4.92. The standard InChI is InChI=1S/C17H15Cl2N3O2/c1-24-14-4-2-11(3-5-14)17(23)20-7-6-13-10-22-9-12(18)8-15(19)16(22)21-13/h2-5,8-10H,6-7H2,1H3,(H,20,23). The van der Waals surface area contributed by atoms with Crippen molar-refractivity contribution in [2.45, 2.75) is 6.42 Å². The van der Waals surface area contributed by atoms with Gasteiger partial charge in [-0.1, -0.05) is 23.2 Å². The molecule has 2 aromatic heterocycles. The number of imidazole rings is 1. The van der Waals surface area contributed by atoms with Gasteiger partial charge >= 0.3 is 0 Å². The van der Waals surface area contributed by atoms with Gasteiger partial charge in [-0.15, -0.1) is 0 Å². The summed E-state index contributed by atoms with van der Waals surface area (Å²) in [5.41, 5.74) is 2.06. The molecule has 0 aliphatic rings. The second-order valence-corrected chi connectivity index (χ2v) is 6.05. The van der Waals surface area contributed by atoms with Crippen molar-refractivity contribution < 1.29 is 9.53 Å². The molecule has 0 saturated carbocycles. The van der Waals surface area contributed by atoms with Crippen LogP contribution in [0.3, 0.4) is 0 Å². The Morgan fingerprint density at radius 2 is 2.00 bits per heavy atom. The van der Waals surface area contributed by atoms with Gasteiger partial charge in [0.05, 0.1) is 22.8 Å². The fraction of sp³-hybridized carbons (Fsp3) is 0.176. The van der Waals surface area contributed by atoms with Crippen molar-refractivity contribution in [2.75, 3.05) is 13.7 Å². The highest BCUT2D eigenvalue weighted by Gasteiger charge is 2.08. The molecule has 24 heavy (non-hydrogen) atoms. The summed E-state index contributed by atoms with van der Waals surface area (Å²) in [6.07, 6.45) is 4.19. The third-order valence-electron chi connectivity index (χ3n) is 3.54. The lowest BCUT2D eigenvalue weighted by Crippen LogP contribution is -2.25. The summed E-state index contributed by atoms with van der Waals surface area (Å²) in [4.78, 5) is 16.5. The zero-order chi connectivity index (χ0) is 17.1. The van der Waals surface area contributed by atoms with Crippen LogP contribution in [0.2, 0.25) is 10.0 Å². The first-order chi connectivity index (χ1) is 11.6. The maximum absolute atomic E-state index is 12.1. The number of rotatable bonds is 5. The number of halogens is 2. The highest BCUT2D eigenvalue weighted by Crippen LogP contribution is 2.21. The molecule has 1 N–H and O–H groups in total. The number of methoxy groups -OCH3 is 1. The molecule has 7 heteroatoms. The van der Waals surface area contributed by atoms with E-state index in [4.69, 9.17) is 27.9 Å². The van der Waals surface area contributed by atoms with Crippen LogP contribution in [0, 0.1) is 0 Å². The van der Waals surface area contributed by atoms with Crippen molar-refractivity contribution >= 4 is 34.8 Å². The summed E-state index contributed by atoms with van der Waals surface area (Å²) in [5, 5.41) is 3.91. The topological polar surface area (TPSA) is 55.6 Å². The van der Waals surface area contributed by atoms with E-state index in [2.05, 4.69) is 10.3 Å². The molecule has 0 unspecified atom stereocenters. The Morgan fingerprint density at radius 3 is 2.71 bits per heavy atom. The van der Waals surface area contributed by atoms with Crippen LogP contribution in [-0.2, 0) is 6.42 Å². The van der Waals surface area contributed by atoms with Gasteiger partial charge in [-0.25, -0.2) is 4.98 Å². The van der Waals surface area contributed by atoms with Crippen LogP contribution in [0.5, 0.6) is 5.75 Å². The van der Waals surface area contributed by atoms with Gasteiger partial charge < -0.3 is 14.5 Å². The Hall–Kier alpha value is -2.24. The number of aromatic nitrogens is 2. The molecule has 0 radical (unpaired) electrons. The SMILES string of the molecule is COc1ccc(C(=O)NCCc2cn3cc(Cl)cc(Cl)c3n2)cc1. The Bertz CT molecular complexity index is 875. The number of carbonyl (C=O) groups is 1. The van der Waals surface area contributed by atoms with Crippen molar-refractivity contribution in [1.29, 1.82) is 0 Å². The molecular weight excluding hydrogens is 349 g/mol. The second kappa shape index (κ2) is 7.11. The molecule has 124 valence electrons. The molecule has 5 nitrogen and oxygen atoms in total. The van der Waals surface area contributed by atoms with Gasteiger partial charge in [0, 0.05) is 30.9 Å². The average molecular weight is 364 g/mol. The summed E-state index contributed by atoms with van der Waals surface area (Å²) in [7, 11) is 1.59. The first-order valence-electron chi connectivity index (χ1n) is 7.31. The quantitative estimate of drug-likeness (QED) is 0.752. The molecule has 1 aromatic carbocycles. The highest BCUT2D eigenvalue weighted by molar-refractivity contribution is 6.36. The third-order valence-corrected chi connectivity index (χ3v) is 4.03. The maximum Gasteiger partial charge on any atom is 0.251 e. The fourth-order valence-corrected chi connectivity index (χ4v) is 2.87. The van der Waals surface area contributed by atoms with Crippen molar-refractivity contribution in [3.05, 3.63) is 64.0 Å². The van der Waals surface area contributed by atoms with Gasteiger partial charge in [-0.2, -0.15) is 0 Å². The Morgan fingerprint density at radius 1 is 1.25 bits per heavy atom. The lowest BCUT2D eigenvalue weighted by molar-refractivity contribution is 0.0954. The zero-order valence-corrected chi connectivity index (χ0v) is 14.4. The number of amides is 1. The van der Waals surface area contributed by atoms with E-state index in [1.807, 2.05) is 6.20 Å². The predicted octanol–water partition coefficient (Wildman–Crippen LogP) is 3.62. The van der Waals surface area contributed by atoms with Crippen LogP contribution in [0.25, 0.3) is 5.65 Å². The number of carbonyl (C=O) groups excluding carboxylic acids is 1. The predicted molar refractivity (Wildman–Crippen MR) is 94.2 cm³/mol. The van der Waals surface area contributed by atoms with E-state index < -0.39 is 0 Å². The lowest BCUT2D eigenvalue weighted by atomic mass is 10.2. The first-order valence-corrected chi connectivity index (χ1v) is 8.07. The molecule has 2 heterocycles. The number of fused-ring (bicyclic) bond motifs is 1. The second-order valence-electron chi connectivity index (χ2n) is 5.20. The van der Waals surface area contributed by atoms with Gasteiger partial charge in [-0.3, -0.25) is 4.79 Å².